The molecule has 4 nitrogen and oxygen atoms in total. The summed E-state index contributed by atoms with van der Waals surface area (Å²) in [5.41, 5.74) is 2.15. The van der Waals surface area contributed by atoms with Gasteiger partial charge in [0.15, 0.2) is 0 Å². The summed E-state index contributed by atoms with van der Waals surface area (Å²) in [6.07, 6.45) is 5.27. The number of nitrogens with one attached hydrogen (secondary N) is 2. The van der Waals surface area contributed by atoms with Gasteiger partial charge >= 0.3 is 0 Å². The van der Waals surface area contributed by atoms with Crippen LogP contribution in [0, 0.1) is 6.92 Å². The predicted molar refractivity (Wildman–Crippen MR) is 80.6 cm³/mol. The highest BCUT2D eigenvalue weighted by atomic mass is 16.2. The molecule has 0 aromatic heterocycles. The van der Waals surface area contributed by atoms with Gasteiger partial charge in [-0.25, -0.2) is 0 Å². The van der Waals surface area contributed by atoms with Crippen LogP contribution in [0.15, 0.2) is 24.3 Å². The van der Waals surface area contributed by atoms with Gasteiger partial charge in [-0.1, -0.05) is 42.7 Å². The summed E-state index contributed by atoms with van der Waals surface area (Å²) in [5.74, 6) is -0.0598. The van der Waals surface area contributed by atoms with Gasteiger partial charge < -0.3 is 10.6 Å². The first-order valence-electron chi connectivity index (χ1n) is 7.78. The highest BCUT2D eigenvalue weighted by molar-refractivity contribution is 5.91. The van der Waals surface area contributed by atoms with Crippen LogP contribution in [0.5, 0.6) is 0 Å². The maximum Gasteiger partial charge on any atom is 0.243 e. The molecular formula is C17H22N2O2. The number of aryl methyl sites for hydroxylation is 1. The molecule has 1 aromatic rings. The Bertz CT molecular complexity index is 562. The van der Waals surface area contributed by atoms with Gasteiger partial charge in [0.1, 0.15) is 6.04 Å². The molecular weight excluding hydrogens is 264 g/mol. The standard InChI is InChI=1S/C17H22N2O2/c1-12-5-4-6-13(11-12)17(9-2-3-10-17)19-16(21)14-7-8-15(20)18-14/h4-6,11,14H,2-3,7-10H2,1H3,(H,18,20)(H,19,21)/t14-/m0/s1. The lowest BCUT2D eigenvalue weighted by Crippen LogP contribution is -2.50. The Hall–Kier alpha value is -1.84. The van der Waals surface area contributed by atoms with Crippen LogP contribution in [0.1, 0.15) is 49.7 Å². The summed E-state index contributed by atoms with van der Waals surface area (Å²) >= 11 is 0. The second-order valence-corrected chi connectivity index (χ2v) is 6.31. The van der Waals surface area contributed by atoms with Crippen molar-refractivity contribution in [1.29, 1.82) is 0 Å². The predicted octanol–water partition coefficient (Wildman–Crippen LogP) is 2.16. The van der Waals surface area contributed by atoms with Crippen LogP contribution in [0.2, 0.25) is 0 Å². The van der Waals surface area contributed by atoms with E-state index in [0.717, 1.165) is 25.7 Å². The number of hydrogen-bond donors (Lipinski definition) is 2. The largest absolute Gasteiger partial charge is 0.345 e. The molecule has 1 aromatic carbocycles. The van der Waals surface area contributed by atoms with Crippen molar-refractivity contribution < 1.29 is 9.59 Å². The topological polar surface area (TPSA) is 58.2 Å². The lowest BCUT2D eigenvalue weighted by Gasteiger charge is -2.32. The molecule has 1 atom stereocenters. The third kappa shape index (κ3) is 2.80. The minimum atomic E-state index is -0.361. The quantitative estimate of drug-likeness (QED) is 0.894. The van der Waals surface area contributed by atoms with Crippen LogP contribution in [0.25, 0.3) is 0 Å². The first-order chi connectivity index (χ1) is 10.1. The van der Waals surface area contributed by atoms with E-state index in [9.17, 15) is 9.59 Å². The highest BCUT2D eigenvalue weighted by Crippen LogP contribution is 2.39. The van der Waals surface area contributed by atoms with Crippen molar-refractivity contribution in [1.82, 2.24) is 10.6 Å². The van der Waals surface area contributed by atoms with Gasteiger partial charge in [0.25, 0.3) is 0 Å². The number of carbonyl (C=O) groups excluding carboxylic acids is 2. The molecule has 21 heavy (non-hydrogen) atoms. The SMILES string of the molecule is Cc1cccc(C2(NC(=O)[C@@H]3CCC(=O)N3)CCCC2)c1. The normalized spacial score (nSPS) is 23.9. The average molecular weight is 286 g/mol. The summed E-state index contributed by atoms with van der Waals surface area (Å²) in [7, 11) is 0. The molecule has 1 aliphatic carbocycles. The molecule has 0 radical (unpaired) electrons. The van der Waals surface area contributed by atoms with Crippen molar-refractivity contribution in [3.05, 3.63) is 35.4 Å². The minimum absolute atomic E-state index is 0.0221. The zero-order valence-electron chi connectivity index (χ0n) is 12.4. The van der Waals surface area contributed by atoms with Gasteiger partial charge in [0.2, 0.25) is 11.8 Å². The van der Waals surface area contributed by atoms with E-state index in [-0.39, 0.29) is 23.4 Å². The van der Waals surface area contributed by atoms with Crippen molar-refractivity contribution in [2.24, 2.45) is 0 Å². The Morgan fingerprint density at radius 2 is 2.10 bits per heavy atom. The highest BCUT2D eigenvalue weighted by Gasteiger charge is 2.39. The second-order valence-electron chi connectivity index (χ2n) is 6.31. The van der Waals surface area contributed by atoms with E-state index in [1.807, 2.05) is 6.07 Å². The van der Waals surface area contributed by atoms with E-state index in [0.29, 0.717) is 12.8 Å². The third-order valence-electron chi connectivity index (χ3n) is 4.70. The summed E-state index contributed by atoms with van der Waals surface area (Å²) in [4.78, 5) is 23.8. The molecule has 4 heteroatoms. The molecule has 0 bridgehead atoms. The summed E-state index contributed by atoms with van der Waals surface area (Å²) < 4.78 is 0. The van der Waals surface area contributed by atoms with Gasteiger partial charge in [-0.05, 0) is 31.7 Å². The minimum Gasteiger partial charge on any atom is -0.345 e. The number of amides is 2. The fourth-order valence-electron chi connectivity index (χ4n) is 3.54. The lowest BCUT2D eigenvalue weighted by atomic mass is 9.87. The van der Waals surface area contributed by atoms with E-state index < -0.39 is 0 Å². The smallest absolute Gasteiger partial charge is 0.243 e. The Balaban J connectivity index is 1.81. The Morgan fingerprint density at radius 1 is 1.33 bits per heavy atom. The Morgan fingerprint density at radius 3 is 2.71 bits per heavy atom. The van der Waals surface area contributed by atoms with Gasteiger partial charge in [-0.15, -0.1) is 0 Å². The lowest BCUT2D eigenvalue weighted by molar-refractivity contribution is -0.127. The zero-order valence-corrected chi connectivity index (χ0v) is 12.4. The number of carbonyl (C=O) groups is 2. The average Bonchev–Trinajstić information content (AvgIpc) is 3.09. The summed E-state index contributed by atoms with van der Waals surface area (Å²) in [5, 5.41) is 6.00. The van der Waals surface area contributed by atoms with Crippen LogP contribution in [-0.2, 0) is 15.1 Å². The fraction of sp³-hybridized carbons (Fsp3) is 0.529. The molecule has 1 saturated heterocycles. The molecule has 1 saturated carbocycles. The van der Waals surface area contributed by atoms with Crippen molar-refractivity contribution in [3.63, 3.8) is 0 Å². The fourth-order valence-corrected chi connectivity index (χ4v) is 3.54. The number of hydrogen-bond acceptors (Lipinski definition) is 2. The molecule has 2 aliphatic rings. The second kappa shape index (κ2) is 5.51. The monoisotopic (exact) mass is 286 g/mol. The molecule has 0 unspecified atom stereocenters. The zero-order chi connectivity index (χ0) is 14.9. The number of benzene rings is 1. The third-order valence-corrected chi connectivity index (χ3v) is 4.70. The Labute approximate surface area is 125 Å². The van der Waals surface area contributed by atoms with E-state index in [1.165, 1.54) is 11.1 Å². The van der Waals surface area contributed by atoms with Gasteiger partial charge in [0, 0.05) is 6.42 Å². The van der Waals surface area contributed by atoms with Gasteiger partial charge in [0.05, 0.1) is 5.54 Å². The maximum absolute atomic E-state index is 12.5. The van der Waals surface area contributed by atoms with Crippen molar-refractivity contribution >= 4 is 11.8 Å². The molecule has 2 fully saturated rings. The van der Waals surface area contributed by atoms with Gasteiger partial charge in [-0.3, -0.25) is 9.59 Å². The summed E-state index contributed by atoms with van der Waals surface area (Å²) in [6.45, 7) is 2.07. The van der Waals surface area contributed by atoms with Crippen LogP contribution in [0.3, 0.4) is 0 Å². The molecule has 1 heterocycles. The van der Waals surface area contributed by atoms with Gasteiger partial charge in [-0.2, -0.15) is 0 Å². The molecule has 112 valence electrons. The first kappa shape index (κ1) is 14.1. The first-order valence-corrected chi connectivity index (χ1v) is 7.78. The maximum atomic E-state index is 12.5. The molecule has 3 rings (SSSR count). The van der Waals surface area contributed by atoms with E-state index >= 15 is 0 Å². The molecule has 1 aliphatic heterocycles. The van der Waals surface area contributed by atoms with Crippen LogP contribution in [-0.4, -0.2) is 17.9 Å². The van der Waals surface area contributed by atoms with Crippen molar-refractivity contribution in [3.8, 4) is 0 Å². The van der Waals surface area contributed by atoms with Crippen molar-refractivity contribution in [2.75, 3.05) is 0 Å². The van der Waals surface area contributed by atoms with E-state index in [1.54, 1.807) is 0 Å². The summed E-state index contributed by atoms with van der Waals surface area (Å²) in [6, 6.07) is 8.03. The Kier molecular flexibility index (Phi) is 3.70. The molecule has 0 spiro atoms. The molecule has 2 N–H and O–H groups in total. The molecule has 2 amide bonds. The number of rotatable bonds is 3. The van der Waals surface area contributed by atoms with E-state index in [2.05, 4.69) is 35.8 Å². The van der Waals surface area contributed by atoms with E-state index in [4.69, 9.17) is 0 Å². The van der Waals surface area contributed by atoms with Crippen LogP contribution < -0.4 is 10.6 Å². The van der Waals surface area contributed by atoms with Crippen LogP contribution in [0.4, 0.5) is 0 Å². The van der Waals surface area contributed by atoms with Crippen molar-refractivity contribution in [2.45, 2.75) is 57.0 Å². The van der Waals surface area contributed by atoms with Crippen LogP contribution >= 0.6 is 0 Å².